The van der Waals surface area contributed by atoms with Gasteiger partial charge in [-0.05, 0) is 18.2 Å². The van der Waals surface area contributed by atoms with E-state index in [1.807, 2.05) is 0 Å². The van der Waals surface area contributed by atoms with E-state index in [0.717, 1.165) is 18.2 Å². The predicted octanol–water partition coefficient (Wildman–Crippen LogP) is 0.781. The maximum absolute atomic E-state index is 13.4. The van der Waals surface area contributed by atoms with Crippen molar-refractivity contribution in [3.63, 3.8) is 0 Å². The first kappa shape index (κ1) is 15.4. The molecule has 0 aromatic heterocycles. The van der Waals surface area contributed by atoms with Crippen LogP contribution < -0.4 is 16.0 Å². The molecule has 1 aromatic carbocycles. The lowest BCUT2D eigenvalue weighted by Gasteiger charge is -2.09. The third kappa shape index (κ3) is 4.92. The maximum Gasteiger partial charge on any atom is 0.335 e. The summed E-state index contributed by atoms with van der Waals surface area (Å²) in [5.41, 5.74) is -0.373. The average molecular weight is 283 g/mol. The van der Waals surface area contributed by atoms with Crippen LogP contribution >= 0.6 is 0 Å². The van der Waals surface area contributed by atoms with Gasteiger partial charge in [0.05, 0.1) is 11.3 Å². The maximum atomic E-state index is 13.4. The number of rotatable bonds is 5. The van der Waals surface area contributed by atoms with E-state index < -0.39 is 17.8 Å². The Labute approximate surface area is 114 Å². The SMILES string of the molecule is CC(=O)NCCNC(=O)Nc1cc(C(=O)O)ccc1F. The number of urea groups is 1. The fourth-order valence-electron chi connectivity index (χ4n) is 1.34. The van der Waals surface area contributed by atoms with Crippen LogP contribution in [0, 0.1) is 5.82 Å². The molecule has 0 bridgehead atoms. The molecule has 7 nitrogen and oxygen atoms in total. The van der Waals surface area contributed by atoms with E-state index >= 15 is 0 Å². The molecule has 4 N–H and O–H groups in total. The monoisotopic (exact) mass is 283 g/mol. The number of carbonyl (C=O) groups is 3. The van der Waals surface area contributed by atoms with Gasteiger partial charge in [-0.25, -0.2) is 14.0 Å². The molecule has 0 aliphatic heterocycles. The summed E-state index contributed by atoms with van der Waals surface area (Å²) >= 11 is 0. The summed E-state index contributed by atoms with van der Waals surface area (Å²) in [6.45, 7) is 1.74. The fourth-order valence-corrected chi connectivity index (χ4v) is 1.34. The smallest absolute Gasteiger partial charge is 0.335 e. The molecule has 3 amide bonds. The van der Waals surface area contributed by atoms with E-state index in [1.54, 1.807) is 0 Å². The molecular formula is C12H14FN3O4. The highest BCUT2D eigenvalue weighted by molar-refractivity contribution is 5.93. The van der Waals surface area contributed by atoms with Crippen molar-refractivity contribution in [2.75, 3.05) is 18.4 Å². The van der Waals surface area contributed by atoms with Crippen LogP contribution in [0.15, 0.2) is 18.2 Å². The molecule has 1 aromatic rings. The van der Waals surface area contributed by atoms with Gasteiger partial charge in [-0.3, -0.25) is 4.79 Å². The first-order valence-corrected chi connectivity index (χ1v) is 5.72. The second-order valence-electron chi connectivity index (χ2n) is 3.86. The van der Waals surface area contributed by atoms with Gasteiger partial charge in [-0.2, -0.15) is 0 Å². The minimum atomic E-state index is -1.22. The summed E-state index contributed by atoms with van der Waals surface area (Å²) in [6, 6.07) is 2.37. The number of nitrogens with one attached hydrogen (secondary N) is 3. The summed E-state index contributed by atoms with van der Waals surface area (Å²) < 4.78 is 13.4. The van der Waals surface area contributed by atoms with Crippen molar-refractivity contribution >= 4 is 23.6 Å². The van der Waals surface area contributed by atoms with E-state index in [-0.39, 0.29) is 30.2 Å². The fraction of sp³-hybridized carbons (Fsp3) is 0.250. The van der Waals surface area contributed by atoms with Gasteiger partial charge in [0.15, 0.2) is 0 Å². The number of aromatic carboxylic acids is 1. The van der Waals surface area contributed by atoms with Crippen molar-refractivity contribution in [1.82, 2.24) is 10.6 Å². The highest BCUT2D eigenvalue weighted by Crippen LogP contribution is 2.16. The van der Waals surface area contributed by atoms with Crippen LogP contribution in [0.25, 0.3) is 0 Å². The molecule has 0 radical (unpaired) electrons. The molecule has 108 valence electrons. The Hall–Kier alpha value is -2.64. The standard InChI is InChI=1S/C12H14FN3O4/c1-7(17)14-4-5-15-12(20)16-10-6-8(11(18)19)2-3-9(10)13/h2-3,6H,4-5H2,1H3,(H,14,17)(H,18,19)(H2,15,16,20). The second-order valence-corrected chi connectivity index (χ2v) is 3.86. The molecule has 0 atom stereocenters. The summed E-state index contributed by atoms with van der Waals surface area (Å²) in [5.74, 6) is -2.20. The topological polar surface area (TPSA) is 108 Å². The third-order valence-corrected chi connectivity index (χ3v) is 2.25. The first-order chi connectivity index (χ1) is 9.40. The minimum Gasteiger partial charge on any atom is -0.478 e. The number of halogens is 1. The van der Waals surface area contributed by atoms with Gasteiger partial charge in [0.1, 0.15) is 5.82 Å². The normalized spacial score (nSPS) is 9.70. The average Bonchev–Trinajstić information content (AvgIpc) is 2.37. The van der Waals surface area contributed by atoms with Crippen LogP contribution in [0.1, 0.15) is 17.3 Å². The molecule has 0 heterocycles. The zero-order valence-electron chi connectivity index (χ0n) is 10.7. The Morgan fingerprint density at radius 1 is 1.20 bits per heavy atom. The molecule has 0 unspecified atom stereocenters. The van der Waals surface area contributed by atoms with E-state index in [2.05, 4.69) is 16.0 Å². The van der Waals surface area contributed by atoms with E-state index in [4.69, 9.17) is 5.11 Å². The Kier molecular flexibility index (Phi) is 5.45. The number of hydrogen-bond acceptors (Lipinski definition) is 3. The van der Waals surface area contributed by atoms with Crippen molar-refractivity contribution in [3.05, 3.63) is 29.6 Å². The first-order valence-electron chi connectivity index (χ1n) is 5.72. The molecule has 0 aliphatic rings. The highest BCUT2D eigenvalue weighted by Gasteiger charge is 2.10. The summed E-state index contributed by atoms with van der Waals surface area (Å²) in [7, 11) is 0. The molecular weight excluding hydrogens is 269 g/mol. The van der Waals surface area contributed by atoms with E-state index in [1.165, 1.54) is 6.92 Å². The lowest BCUT2D eigenvalue weighted by molar-refractivity contribution is -0.118. The number of carbonyl (C=O) groups excluding carboxylic acids is 2. The summed E-state index contributed by atoms with van der Waals surface area (Å²) in [6.07, 6.45) is 0. The predicted molar refractivity (Wildman–Crippen MR) is 69.1 cm³/mol. The Morgan fingerprint density at radius 2 is 1.85 bits per heavy atom. The number of carboxylic acid groups (broad SMARTS) is 1. The molecule has 1 rings (SSSR count). The molecule has 0 saturated heterocycles. The number of benzene rings is 1. The lowest BCUT2D eigenvalue weighted by Crippen LogP contribution is -2.36. The minimum absolute atomic E-state index is 0.139. The van der Waals surface area contributed by atoms with Crippen LogP contribution in [0.4, 0.5) is 14.9 Å². The number of amides is 3. The molecule has 0 aliphatic carbocycles. The molecule has 0 fully saturated rings. The number of carboxylic acids is 1. The van der Waals surface area contributed by atoms with E-state index in [9.17, 15) is 18.8 Å². The Balaban J connectivity index is 2.55. The number of anilines is 1. The zero-order chi connectivity index (χ0) is 15.1. The molecule has 0 spiro atoms. The van der Waals surface area contributed by atoms with E-state index in [0.29, 0.717) is 0 Å². The second kappa shape index (κ2) is 7.07. The van der Waals surface area contributed by atoms with Crippen molar-refractivity contribution in [3.8, 4) is 0 Å². The van der Waals surface area contributed by atoms with Gasteiger partial charge in [0.2, 0.25) is 5.91 Å². The molecule has 20 heavy (non-hydrogen) atoms. The van der Waals surface area contributed by atoms with Gasteiger partial charge < -0.3 is 21.1 Å². The quantitative estimate of drug-likeness (QED) is 0.599. The number of hydrogen-bond donors (Lipinski definition) is 4. The van der Waals surface area contributed by atoms with Crippen molar-refractivity contribution in [2.24, 2.45) is 0 Å². The Bertz CT molecular complexity index is 533. The van der Waals surface area contributed by atoms with Gasteiger partial charge in [-0.1, -0.05) is 0 Å². The van der Waals surface area contributed by atoms with Crippen LogP contribution in [-0.2, 0) is 4.79 Å². The largest absolute Gasteiger partial charge is 0.478 e. The van der Waals surface area contributed by atoms with Crippen LogP contribution in [-0.4, -0.2) is 36.1 Å². The van der Waals surface area contributed by atoms with Gasteiger partial charge in [-0.15, -0.1) is 0 Å². The molecule has 0 saturated carbocycles. The van der Waals surface area contributed by atoms with Gasteiger partial charge >= 0.3 is 12.0 Å². The summed E-state index contributed by atoms with van der Waals surface area (Å²) in [5, 5.41) is 15.8. The van der Waals surface area contributed by atoms with Gasteiger partial charge in [0.25, 0.3) is 0 Å². The van der Waals surface area contributed by atoms with Crippen molar-refractivity contribution in [1.29, 1.82) is 0 Å². The zero-order valence-corrected chi connectivity index (χ0v) is 10.7. The Morgan fingerprint density at radius 3 is 2.45 bits per heavy atom. The van der Waals surface area contributed by atoms with Gasteiger partial charge in [0, 0.05) is 20.0 Å². The van der Waals surface area contributed by atoms with Crippen LogP contribution in [0.5, 0.6) is 0 Å². The lowest BCUT2D eigenvalue weighted by atomic mass is 10.2. The summed E-state index contributed by atoms with van der Waals surface area (Å²) in [4.78, 5) is 32.8. The third-order valence-electron chi connectivity index (χ3n) is 2.25. The van der Waals surface area contributed by atoms with Crippen molar-refractivity contribution < 1.29 is 23.9 Å². The van der Waals surface area contributed by atoms with Crippen LogP contribution in [0.3, 0.4) is 0 Å². The van der Waals surface area contributed by atoms with Crippen LogP contribution in [0.2, 0.25) is 0 Å². The molecule has 8 heteroatoms. The highest BCUT2D eigenvalue weighted by atomic mass is 19.1. The van der Waals surface area contributed by atoms with Crippen molar-refractivity contribution in [2.45, 2.75) is 6.92 Å².